The molecule has 3 rings (SSSR count). The van der Waals surface area contributed by atoms with Crippen LogP contribution in [-0.4, -0.2) is 34.4 Å². The summed E-state index contributed by atoms with van der Waals surface area (Å²) in [4.78, 5) is 9.76. The number of nitrogens with one attached hydrogen (secondary N) is 1. The summed E-state index contributed by atoms with van der Waals surface area (Å²) in [5.41, 5.74) is 1.96. The fourth-order valence-electron chi connectivity index (χ4n) is 2.37. The first-order chi connectivity index (χ1) is 9.04. The number of alkyl halides is 2. The SMILES string of the molecule is CN(CC[C@H]1CC1(F)F)Cc1nc2ccccc2[nH]1. The van der Waals surface area contributed by atoms with Crippen molar-refractivity contribution >= 4 is 11.0 Å². The Morgan fingerprint density at radius 3 is 2.84 bits per heavy atom. The molecule has 0 saturated heterocycles. The van der Waals surface area contributed by atoms with Crippen molar-refractivity contribution in [2.24, 2.45) is 5.92 Å². The van der Waals surface area contributed by atoms with Crippen LogP contribution in [0.2, 0.25) is 0 Å². The molecule has 0 unspecified atom stereocenters. The standard InChI is InChI=1S/C14H17F2N3/c1-19(7-6-10-8-14(10,15)16)9-13-17-11-4-2-3-5-12(11)18-13/h2-5,10H,6-9H2,1H3,(H,17,18)/t10-/m0/s1. The van der Waals surface area contributed by atoms with Crippen LogP contribution in [-0.2, 0) is 6.54 Å². The van der Waals surface area contributed by atoms with E-state index in [0.29, 0.717) is 19.5 Å². The summed E-state index contributed by atoms with van der Waals surface area (Å²) in [7, 11) is 1.94. The average molecular weight is 265 g/mol. The lowest BCUT2D eigenvalue weighted by Gasteiger charge is -2.14. The highest BCUT2D eigenvalue weighted by Crippen LogP contribution is 2.50. The van der Waals surface area contributed by atoms with E-state index >= 15 is 0 Å². The van der Waals surface area contributed by atoms with Crippen molar-refractivity contribution in [3.8, 4) is 0 Å². The molecule has 0 spiro atoms. The van der Waals surface area contributed by atoms with Gasteiger partial charge in [0.1, 0.15) is 5.82 Å². The molecule has 1 saturated carbocycles. The zero-order chi connectivity index (χ0) is 13.5. The second kappa shape index (κ2) is 4.56. The molecule has 5 heteroatoms. The molecule has 1 aromatic carbocycles. The Balaban J connectivity index is 1.55. The van der Waals surface area contributed by atoms with Gasteiger partial charge in [0, 0.05) is 12.3 Å². The number of aromatic amines is 1. The predicted molar refractivity (Wildman–Crippen MR) is 70.1 cm³/mol. The van der Waals surface area contributed by atoms with Crippen LogP contribution >= 0.6 is 0 Å². The summed E-state index contributed by atoms with van der Waals surface area (Å²) in [5, 5.41) is 0. The largest absolute Gasteiger partial charge is 0.341 e. The normalized spacial score (nSPS) is 21.2. The van der Waals surface area contributed by atoms with Crippen molar-refractivity contribution in [3.63, 3.8) is 0 Å². The van der Waals surface area contributed by atoms with Gasteiger partial charge in [-0.25, -0.2) is 13.8 Å². The molecule has 1 aliphatic carbocycles. The molecule has 1 fully saturated rings. The minimum absolute atomic E-state index is 0.0610. The number of hydrogen-bond donors (Lipinski definition) is 1. The fraction of sp³-hybridized carbons (Fsp3) is 0.500. The lowest BCUT2D eigenvalue weighted by molar-refractivity contribution is 0.0943. The van der Waals surface area contributed by atoms with Gasteiger partial charge in [-0.3, -0.25) is 4.90 Å². The first-order valence-electron chi connectivity index (χ1n) is 6.54. The number of fused-ring (bicyclic) bond motifs is 1. The van der Waals surface area contributed by atoms with Crippen molar-refractivity contribution in [2.45, 2.75) is 25.3 Å². The number of imidazole rings is 1. The second-order valence-corrected chi connectivity index (χ2v) is 5.39. The first kappa shape index (κ1) is 12.5. The van der Waals surface area contributed by atoms with E-state index in [2.05, 4.69) is 9.97 Å². The molecule has 1 aliphatic rings. The number of aromatic nitrogens is 2. The molecular weight excluding hydrogens is 248 g/mol. The quantitative estimate of drug-likeness (QED) is 0.901. The number of rotatable bonds is 5. The molecular formula is C14H17F2N3. The molecule has 1 N–H and O–H groups in total. The Morgan fingerprint density at radius 1 is 1.42 bits per heavy atom. The van der Waals surface area contributed by atoms with Gasteiger partial charge < -0.3 is 4.98 Å². The van der Waals surface area contributed by atoms with Gasteiger partial charge >= 0.3 is 0 Å². The van der Waals surface area contributed by atoms with Crippen LogP contribution in [0.1, 0.15) is 18.7 Å². The number of benzene rings is 1. The molecule has 0 bridgehead atoms. The van der Waals surface area contributed by atoms with Gasteiger partial charge in [0.2, 0.25) is 0 Å². The molecule has 0 aliphatic heterocycles. The van der Waals surface area contributed by atoms with Crippen LogP contribution < -0.4 is 0 Å². The van der Waals surface area contributed by atoms with E-state index < -0.39 is 11.8 Å². The van der Waals surface area contributed by atoms with Crippen molar-refractivity contribution in [1.82, 2.24) is 14.9 Å². The lowest BCUT2D eigenvalue weighted by Crippen LogP contribution is -2.20. The van der Waals surface area contributed by atoms with Gasteiger partial charge in [0.25, 0.3) is 5.92 Å². The molecule has 0 radical (unpaired) electrons. The van der Waals surface area contributed by atoms with Crippen LogP contribution in [0, 0.1) is 5.92 Å². The summed E-state index contributed by atoms with van der Waals surface area (Å²) in [5.74, 6) is -1.93. The Kier molecular flexibility index (Phi) is 3.01. The number of para-hydroxylation sites is 2. The Bertz CT molecular complexity index is 546. The summed E-state index contributed by atoms with van der Waals surface area (Å²) in [6, 6.07) is 7.85. The molecule has 2 aromatic rings. The molecule has 1 atom stereocenters. The summed E-state index contributed by atoms with van der Waals surface area (Å²) in [6.45, 7) is 1.34. The summed E-state index contributed by atoms with van der Waals surface area (Å²) in [6.07, 6.45) is 0.620. The third-order valence-electron chi connectivity index (χ3n) is 3.67. The number of halogens is 2. The van der Waals surface area contributed by atoms with Crippen molar-refractivity contribution in [1.29, 1.82) is 0 Å². The molecule has 1 aromatic heterocycles. The Morgan fingerprint density at radius 2 is 2.16 bits per heavy atom. The van der Waals surface area contributed by atoms with Crippen LogP contribution in [0.5, 0.6) is 0 Å². The first-order valence-corrected chi connectivity index (χ1v) is 6.54. The smallest absolute Gasteiger partial charge is 0.251 e. The maximum atomic E-state index is 12.8. The zero-order valence-corrected chi connectivity index (χ0v) is 10.9. The fourth-order valence-corrected chi connectivity index (χ4v) is 2.37. The van der Waals surface area contributed by atoms with E-state index in [1.54, 1.807) is 0 Å². The Labute approximate surface area is 110 Å². The van der Waals surface area contributed by atoms with Gasteiger partial charge in [-0.2, -0.15) is 0 Å². The molecule has 102 valence electrons. The summed E-state index contributed by atoms with van der Waals surface area (Å²) >= 11 is 0. The zero-order valence-electron chi connectivity index (χ0n) is 10.9. The van der Waals surface area contributed by atoms with Crippen molar-refractivity contribution in [2.75, 3.05) is 13.6 Å². The van der Waals surface area contributed by atoms with E-state index in [1.165, 1.54) is 0 Å². The van der Waals surface area contributed by atoms with Crippen molar-refractivity contribution < 1.29 is 8.78 Å². The van der Waals surface area contributed by atoms with Gasteiger partial charge in [-0.1, -0.05) is 12.1 Å². The third-order valence-corrected chi connectivity index (χ3v) is 3.67. The Hall–Kier alpha value is -1.49. The van der Waals surface area contributed by atoms with Crippen LogP contribution in [0.3, 0.4) is 0 Å². The number of hydrogen-bond acceptors (Lipinski definition) is 2. The molecule has 1 heterocycles. The average Bonchev–Trinajstić information content (AvgIpc) is 2.80. The molecule has 0 amide bonds. The lowest BCUT2D eigenvalue weighted by atomic mass is 10.3. The summed E-state index contributed by atoms with van der Waals surface area (Å²) < 4.78 is 25.6. The minimum Gasteiger partial charge on any atom is -0.341 e. The van der Waals surface area contributed by atoms with Gasteiger partial charge in [-0.15, -0.1) is 0 Å². The highest BCUT2D eigenvalue weighted by molar-refractivity contribution is 5.74. The van der Waals surface area contributed by atoms with Crippen LogP contribution in [0.15, 0.2) is 24.3 Å². The molecule has 19 heavy (non-hydrogen) atoms. The third kappa shape index (κ3) is 2.76. The minimum atomic E-state index is -2.40. The number of H-pyrrole nitrogens is 1. The van der Waals surface area contributed by atoms with E-state index in [0.717, 1.165) is 16.9 Å². The van der Waals surface area contributed by atoms with Gasteiger partial charge in [0.05, 0.1) is 17.6 Å². The topological polar surface area (TPSA) is 31.9 Å². The highest BCUT2D eigenvalue weighted by atomic mass is 19.3. The van der Waals surface area contributed by atoms with E-state index in [-0.39, 0.29) is 6.42 Å². The van der Waals surface area contributed by atoms with E-state index in [4.69, 9.17) is 0 Å². The molecule has 3 nitrogen and oxygen atoms in total. The maximum absolute atomic E-state index is 12.8. The monoisotopic (exact) mass is 265 g/mol. The van der Waals surface area contributed by atoms with Gasteiger partial charge in [0.15, 0.2) is 0 Å². The maximum Gasteiger partial charge on any atom is 0.251 e. The van der Waals surface area contributed by atoms with E-state index in [9.17, 15) is 8.78 Å². The highest BCUT2D eigenvalue weighted by Gasteiger charge is 2.55. The van der Waals surface area contributed by atoms with Crippen molar-refractivity contribution in [3.05, 3.63) is 30.1 Å². The number of nitrogens with zero attached hydrogens (tertiary/aromatic N) is 2. The van der Waals surface area contributed by atoms with E-state index in [1.807, 2.05) is 36.2 Å². The van der Waals surface area contributed by atoms with Crippen LogP contribution in [0.25, 0.3) is 11.0 Å². The van der Waals surface area contributed by atoms with Crippen LogP contribution in [0.4, 0.5) is 8.78 Å². The second-order valence-electron chi connectivity index (χ2n) is 5.39. The predicted octanol–water partition coefficient (Wildman–Crippen LogP) is 3.04. The van der Waals surface area contributed by atoms with Gasteiger partial charge in [-0.05, 0) is 32.1 Å².